The van der Waals surface area contributed by atoms with E-state index in [1.807, 2.05) is 47.5 Å². The Kier molecular flexibility index (Phi) is 5.27. The van der Waals surface area contributed by atoms with Crippen molar-refractivity contribution in [2.24, 2.45) is 5.10 Å². The molecular weight excluding hydrogens is 498 g/mol. The molecule has 32 heavy (non-hydrogen) atoms. The van der Waals surface area contributed by atoms with Crippen LogP contribution in [0.2, 0.25) is 5.02 Å². The normalized spacial score (nSPS) is 19.0. The molecule has 0 fully saturated rings. The van der Waals surface area contributed by atoms with E-state index in [4.69, 9.17) is 26.2 Å². The lowest BCUT2D eigenvalue weighted by atomic mass is 9.96. The average molecular weight is 515 g/mol. The van der Waals surface area contributed by atoms with Gasteiger partial charge in [0.1, 0.15) is 16.5 Å². The van der Waals surface area contributed by atoms with Crippen molar-refractivity contribution in [2.45, 2.75) is 18.7 Å². The lowest BCUT2D eigenvalue weighted by Crippen LogP contribution is -2.33. The predicted molar refractivity (Wildman–Crippen MR) is 124 cm³/mol. The third kappa shape index (κ3) is 3.59. The largest absolute Gasteiger partial charge is 0.497 e. The first-order chi connectivity index (χ1) is 15.4. The molecule has 0 unspecified atom stereocenters. The van der Waals surface area contributed by atoms with Crippen molar-refractivity contribution in [1.29, 1.82) is 0 Å². The van der Waals surface area contributed by atoms with Crippen LogP contribution < -0.4 is 9.47 Å². The molecule has 2 aliphatic rings. The second-order valence-corrected chi connectivity index (χ2v) is 8.82. The SMILES string of the molecule is COc1ccc(C2=NN3[C@H](C2)c2cc(Br)ccc2O[C@@H]3c2ccc(Cl)c([N+](=O)[O-])c2)cc1. The van der Waals surface area contributed by atoms with Crippen LogP contribution in [0.25, 0.3) is 0 Å². The minimum atomic E-state index is -0.625. The van der Waals surface area contributed by atoms with Crippen LogP contribution in [0.5, 0.6) is 11.5 Å². The van der Waals surface area contributed by atoms with Gasteiger partial charge in [0.2, 0.25) is 6.23 Å². The first-order valence-electron chi connectivity index (χ1n) is 9.85. The van der Waals surface area contributed by atoms with Crippen LogP contribution in [0.4, 0.5) is 5.69 Å². The number of nitro benzene ring substituents is 1. The van der Waals surface area contributed by atoms with Crippen molar-refractivity contribution in [3.05, 3.63) is 97.0 Å². The fourth-order valence-electron chi connectivity index (χ4n) is 4.06. The van der Waals surface area contributed by atoms with Gasteiger partial charge >= 0.3 is 0 Å². The molecule has 2 aliphatic heterocycles. The summed E-state index contributed by atoms with van der Waals surface area (Å²) in [5.74, 6) is 1.50. The van der Waals surface area contributed by atoms with Crippen LogP contribution in [0.1, 0.15) is 35.4 Å². The Labute approximate surface area is 197 Å². The molecule has 7 nitrogen and oxygen atoms in total. The van der Waals surface area contributed by atoms with Crippen molar-refractivity contribution >= 4 is 38.9 Å². The summed E-state index contributed by atoms with van der Waals surface area (Å²) in [6.45, 7) is 0. The van der Waals surface area contributed by atoms with Crippen molar-refractivity contribution in [1.82, 2.24) is 5.01 Å². The van der Waals surface area contributed by atoms with Gasteiger partial charge in [0.15, 0.2) is 0 Å². The van der Waals surface area contributed by atoms with E-state index in [0.29, 0.717) is 12.0 Å². The Hall–Kier alpha value is -3.10. The number of methoxy groups -OCH3 is 1. The summed E-state index contributed by atoms with van der Waals surface area (Å²) in [7, 11) is 1.63. The summed E-state index contributed by atoms with van der Waals surface area (Å²) in [5, 5.41) is 18.3. The number of benzene rings is 3. The van der Waals surface area contributed by atoms with Gasteiger partial charge < -0.3 is 9.47 Å². The van der Waals surface area contributed by atoms with Gasteiger partial charge in [0.05, 0.1) is 23.8 Å². The maximum Gasteiger partial charge on any atom is 0.288 e. The highest BCUT2D eigenvalue weighted by atomic mass is 79.9. The van der Waals surface area contributed by atoms with Gasteiger partial charge in [-0.05, 0) is 54.1 Å². The molecule has 0 saturated carbocycles. The first-order valence-corrected chi connectivity index (χ1v) is 11.0. The van der Waals surface area contributed by atoms with Gasteiger partial charge in [-0.15, -0.1) is 0 Å². The number of hydrogen-bond donors (Lipinski definition) is 0. The Morgan fingerprint density at radius 3 is 2.69 bits per heavy atom. The molecule has 0 amide bonds. The fourth-order valence-corrected chi connectivity index (χ4v) is 4.62. The number of hydrogen-bond acceptors (Lipinski definition) is 6. The van der Waals surface area contributed by atoms with Crippen LogP contribution in [0, 0.1) is 10.1 Å². The topological polar surface area (TPSA) is 77.2 Å². The van der Waals surface area contributed by atoms with Gasteiger partial charge in [-0.25, -0.2) is 5.01 Å². The van der Waals surface area contributed by atoms with Crippen LogP contribution in [-0.2, 0) is 0 Å². The van der Waals surface area contributed by atoms with Gasteiger partial charge in [-0.2, -0.15) is 5.10 Å². The van der Waals surface area contributed by atoms with Crippen molar-refractivity contribution in [3.8, 4) is 11.5 Å². The molecular formula is C23H17BrClN3O4. The summed E-state index contributed by atoms with van der Waals surface area (Å²) in [4.78, 5) is 10.9. The lowest BCUT2D eigenvalue weighted by Gasteiger charge is -2.38. The molecule has 2 heterocycles. The van der Waals surface area contributed by atoms with Gasteiger partial charge in [0, 0.05) is 28.1 Å². The maximum absolute atomic E-state index is 11.4. The van der Waals surface area contributed by atoms with Gasteiger partial charge in [-0.3, -0.25) is 10.1 Å². The van der Waals surface area contributed by atoms with Crippen molar-refractivity contribution in [2.75, 3.05) is 7.11 Å². The smallest absolute Gasteiger partial charge is 0.288 e. The number of halogens is 2. The summed E-state index contributed by atoms with van der Waals surface area (Å²) in [6, 6.07) is 18.2. The molecule has 2 atom stereocenters. The van der Waals surface area contributed by atoms with E-state index >= 15 is 0 Å². The van der Waals surface area contributed by atoms with Gasteiger partial charge in [0.25, 0.3) is 5.69 Å². The molecule has 5 rings (SSSR count). The zero-order chi connectivity index (χ0) is 22.4. The number of hydrazone groups is 1. The highest BCUT2D eigenvalue weighted by Gasteiger charge is 2.41. The summed E-state index contributed by atoms with van der Waals surface area (Å²) >= 11 is 9.57. The van der Waals surface area contributed by atoms with Gasteiger partial charge in [-0.1, -0.05) is 33.6 Å². The molecule has 0 aromatic heterocycles. The minimum Gasteiger partial charge on any atom is -0.497 e. The molecule has 0 N–H and O–H groups in total. The van der Waals surface area contributed by atoms with Crippen molar-refractivity contribution in [3.63, 3.8) is 0 Å². The minimum absolute atomic E-state index is 0.0758. The van der Waals surface area contributed by atoms with Crippen LogP contribution in [0.3, 0.4) is 0 Å². The Balaban J connectivity index is 1.59. The number of nitrogens with zero attached hydrogens (tertiary/aromatic N) is 3. The monoisotopic (exact) mass is 513 g/mol. The Bertz CT molecular complexity index is 1250. The highest BCUT2D eigenvalue weighted by molar-refractivity contribution is 9.10. The number of rotatable bonds is 4. The van der Waals surface area contributed by atoms with Crippen LogP contribution in [-0.4, -0.2) is 22.8 Å². The standard InChI is InChI=1S/C23H17BrClN3O4/c1-31-16-6-2-13(3-7-16)19-12-20-17-11-15(24)5-9-22(17)32-23(27(20)26-19)14-4-8-18(25)21(10-14)28(29)30/h2-11,20,23H,12H2,1H3/t20-,23-/m1/s1. The molecule has 3 aromatic carbocycles. The first kappa shape index (κ1) is 20.8. The molecule has 0 spiro atoms. The van der Waals surface area contributed by atoms with E-state index < -0.39 is 11.2 Å². The second-order valence-electron chi connectivity index (χ2n) is 7.50. The number of ether oxygens (including phenoxy) is 2. The second kappa shape index (κ2) is 8.11. The molecule has 0 saturated heterocycles. The fraction of sp³-hybridized carbons (Fsp3) is 0.174. The number of fused-ring (bicyclic) bond motifs is 3. The third-order valence-corrected chi connectivity index (χ3v) is 6.44. The predicted octanol–water partition coefficient (Wildman–Crippen LogP) is 6.26. The quantitative estimate of drug-likeness (QED) is 0.303. The number of nitro groups is 1. The highest BCUT2D eigenvalue weighted by Crippen LogP contribution is 2.48. The average Bonchev–Trinajstić information content (AvgIpc) is 3.25. The summed E-state index contributed by atoms with van der Waals surface area (Å²) < 4.78 is 12.5. The molecule has 0 radical (unpaired) electrons. The molecule has 162 valence electrons. The summed E-state index contributed by atoms with van der Waals surface area (Å²) in [6.07, 6.45) is 0.0473. The van der Waals surface area contributed by atoms with E-state index in [1.165, 1.54) is 12.1 Å². The zero-order valence-corrected chi connectivity index (χ0v) is 19.2. The van der Waals surface area contributed by atoms with Crippen LogP contribution >= 0.6 is 27.5 Å². The zero-order valence-electron chi connectivity index (χ0n) is 16.9. The van der Waals surface area contributed by atoms with Crippen molar-refractivity contribution < 1.29 is 14.4 Å². The molecule has 0 bridgehead atoms. The van der Waals surface area contributed by atoms with E-state index in [1.54, 1.807) is 13.2 Å². The van der Waals surface area contributed by atoms with E-state index in [9.17, 15) is 10.1 Å². The van der Waals surface area contributed by atoms with Crippen LogP contribution in [0.15, 0.2) is 70.2 Å². The van der Waals surface area contributed by atoms with E-state index in [0.717, 1.165) is 32.8 Å². The Morgan fingerprint density at radius 2 is 1.97 bits per heavy atom. The lowest BCUT2D eigenvalue weighted by molar-refractivity contribution is -0.384. The molecule has 9 heteroatoms. The Morgan fingerprint density at radius 1 is 1.19 bits per heavy atom. The summed E-state index contributed by atoms with van der Waals surface area (Å²) in [5.41, 5.74) is 3.34. The molecule has 0 aliphatic carbocycles. The van der Waals surface area contributed by atoms with E-state index in [2.05, 4.69) is 15.9 Å². The molecule has 3 aromatic rings. The van der Waals surface area contributed by atoms with E-state index in [-0.39, 0.29) is 16.8 Å². The third-order valence-electron chi connectivity index (χ3n) is 5.63. The maximum atomic E-state index is 11.4.